The van der Waals surface area contributed by atoms with Crippen LogP contribution >= 0.6 is 0 Å². The molecule has 1 atom stereocenters. The molecule has 1 aromatic carbocycles. The molecule has 114 valence electrons. The highest BCUT2D eigenvalue weighted by atomic mass is 16.3. The smallest absolute Gasteiger partial charge is 0.324 e. The lowest BCUT2D eigenvalue weighted by atomic mass is 9.99. The van der Waals surface area contributed by atoms with Crippen molar-refractivity contribution >= 4 is 11.7 Å². The number of carbonyl (C=O) groups excluding carboxylic acids is 1. The highest BCUT2D eigenvalue weighted by Crippen LogP contribution is 2.33. The number of likely N-dealkylation sites (tertiary alicyclic amines) is 1. The number of para-hydroxylation sites is 1. The number of amides is 2. The number of piperidine rings is 1. The fourth-order valence-corrected chi connectivity index (χ4v) is 3.30. The van der Waals surface area contributed by atoms with E-state index >= 15 is 0 Å². The average molecular weight is 288 g/mol. The van der Waals surface area contributed by atoms with E-state index in [2.05, 4.69) is 6.92 Å². The first-order valence-corrected chi connectivity index (χ1v) is 8.00. The molecule has 0 aromatic heterocycles. The number of benzene rings is 1. The van der Waals surface area contributed by atoms with Crippen LogP contribution in [0.3, 0.4) is 0 Å². The van der Waals surface area contributed by atoms with Crippen LogP contribution in [0, 0.1) is 5.92 Å². The average Bonchev–Trinajstić information content (AvgIpc) is 2.67. The summed E-state index contributed by atoms with van der Waals surface area (Å²) in [6.45, 7) is 4.64. The van der Waals surface area contributed by atoms with Crippen LogP contribution in [0.4, 0.5) is 10.5 Å². The second-order valence-corrected chi connectivity index (χ2v) is 6.32. The van der Waals surface area contributed by atoms with Gasteiger partial charge in [0.1, 0.15) is 0 Å². The number of nitrogens with zero attached hydrogens (tertiary/aromatic N) is 2. The quantitative estimate of drug-likeness (QED) is 0.797. The van der Waals surface area contributed by atoms with Crippen LogP contribution in [0.15, 0.2) is 24.3 Å². The van der Waals surface area contributed by atoms with Crippen LogP contribution in [0.2, 0.25) is 0 Å². The molecule has 1 unspecified atom stereocenters. The van der Waals surface area contributed by atoms with Gasteiger partial charge in [-0.3, -0.25) is 4.90 Å². The third kappa shape index (κ3) is 2.91. The summed E-state index contributed by atoms with van der Waals surface area (Å²) < 4.78 is 0. The third-order valence-corrected chi connectivity index (χ3v) is 4.73. The largest absolute Gasteiger partial charge is 0.388 e. The topological polar surface area (TPSA) is 43.8 Å². The zero-order chi connectivity index (χ0) is 14.8. The fraction of sp³-hybridized carbons (Fsp3) is 0.588. The highest BCUT2D eigenvalue weighted by molar-refractivity contribution is 5.93. The molecule has 1 aromatic rings. The monoisotopic (exact) mass is 288 g/mol. The van der Waals surface area contributed by atoms with Crippen molar-refractivity contribution in [3.8, 4) is 0 Å². The molecule has 0 radical (unpaired) electrons. The van der Waals surface area contributed by atoms with E-state index in [0.717, 1.165) is 50.0 Å². The van der Waals surface area contributed by atoms with E-state index in [-0.39, 0.29) is 6.03 Å². The van der Waals surface area contributed by atoms with Crippen LogP contribution in [0.1, 0.15) is 44.3 Å². The first-order valence-electron chi connectivity index (χ1n) is 8.00. The van der Waals surface area contributed by atoms with Gasteiger partial charge in [0.25, 0.3) is 0 Å². The first kappa shape index (κ1) is 14.4. The number of aliphatic hydroxyl groups is 1. The molecule has 4 heteroatoms. The molecule has 2 aliphatic rings. The lowest BCUT2D eigenvalue weighted by Crippen LogP contribution is -2.47. The zero-order valence-electron chi connectivity index (χ0n) is 12.7. The molecule has 0 aliphatic carbocycles. The van der Waals surface area contributed by atoms with Crippen molar-refractivity contribution in [1.29, 1.82) is 0 Å². The Morgan fingerprint density at radius 3 is 2.62 bits per heavy atom. The standard InChI is InChI=1S/C17H24N2O2/c1-13-8-11-18(12-9-13)17(21)19-10-4-7-16(20)14-5-2-3-6-15(14)19/h2-3,5-6,13,16,20H,4,7-12H2,1H3. The van der Waals surface area contributed by atoms with Gasteiger partial charge in [0.05, 0.1) is 11.8 Å². The number of anilines is 1. The molecule has 0 bridgehead atoms. The van der Waals surface area contributed by atoms with E-state index in [1.165, 1.54) is 0 Å². The van der Waals surface area contributed by atoms with Gasteiger partial charge < -0.3 is 10.0 Å². The van der Waals surface area contributed by atoms with E-state index in [1.807, 2.05) is 34.1 Å². The summed E-state index contributed by atoms with van der Waals surface area (Å²) in [5.41, 5.74) is 1.76. The molecule has 2 aliphatic heterocycles. The minimum absolute atomic E-state index is 0.100. The molecule has 3 rings (SSSR count). The van der Waals surface area contributed by atoms with E-state index in [4.69, 9.17) is 0 Å². The van der Waals surface area contributed by atoms with Crippen LogP contribution < -0.4 is 4.90 Å². The molecule has 0 saturated carbocycles. The minimum atomic E-state index is -0.458. The van der Waals surface area contributed by atoms with Crippen LogP contribution in [-0.2, 0) is 0 Å². The Morgan fingerprint density at radius 2 is 1.86 bits per heavy atom. The van der Waals surface area contributed by atoms with Crippen LogP contribution in [0.5, 0.6) is 0 Å². The summed E-state index contributed by atoms with van der Waals surface area (Å²) in [5, 5.41) is 10.2. The van der Waals surface area contributed by atoms with Gasteiger partial charge in [0.15, 0.2) is 0 Å². The summed E-state index contributed by atoms with van der Waals surface area (Å²) in [5.74, 6) is 0.715. The Balaban J connectivity index is 1.84. The SMILES string of the molecule is CC1CCN(C(=O)N2CCCC(O)c3ccccc32)CC1. The van der Waals surface area contributed by atoms with Gasteiger partial charge in [0.2, 0.25) is 0 Å². The van der Waals surface area contributed by atoms with Gasteiger partial charge in [-0.1, -0.05) is 25.1 Å². The first-order chi connectivity index (χ1) is 10.2. The maximum absolute atomic E-state index is 12.9. The van der Waals surface area contributed by atoms with Crippen molar-refractivity contribution in [3.63, 3.8) is 0 Å². The van der Waals surface area contributed by atoms with Crippen LogP contribution in [-0.4, -0.2) is 35.7 Å². The number of rotatable bonds is 0. The fourth-order valence-electron chi connectivity index (χ4n) is 3.30. The maximum atomic E-state index is 12.9. The van der Waals surface area contributed by atoms with Crippen molar-refractivity contribution in [2.24, 2.45) is 5.92 Å². The maximum Gasteiger partial charge on any atom is 0.324 e. The minimum Gasteiger partial charge on any atom is -0.388 e. The summed E-state index contributed by atoms with van der Waals surface area (Å²) in [6.07, 6.45) is 3.28. The van der Waals surface area contributed by atoms with Gasteiger partial charge in [-0.05, 0) is 37.7 Å². The summed E-state index contributed by atoms with van der Waals surface area (Å²) in [6, 6.07) is 7.86. The second-order valence-electron chi connectivity index (χ2n) is 6.32. The van der Waals surface area contributed by atoms with E-state index in [1.54, 1.807) is 0 Å². The predicted octanol–water partition coefficient (Wildman–Crippen LogP) is 3.17. The Hall–Kier alpha value is -1.55. The normalized spacial score (nSPS) is 23.6. The molecule has 1 fully saturated rings. The second kappa shape index (κ2) is 6.06. The van der Waals surface area contributed by atoms with Crippen LogP contribution in [0.25, 0.3) is 0 Å². The number of hydrogen-bond acceptors (Lipinski definition) is 2. The third-order valence-electron chi connectivity index (χ3n) is 4.73. The lowest BCUT2D eigenvalue weighted by Gasteiger charge is -2.35. The lowest BCUT2D eigenvalue weighted by molar-refractivity contribution is 0.168. The Morgan fingerprint density at radius 1 is 1.14 bits per heavy atom. The predicted molar refractivity (Wildman–Crippen MR) is 83.3 cm³/mol. The molecule has 2 heterocycles. The van der Waals surface area contributed by atoms with E-state index < -0.39 is 6.10 Å². The molecule has 21 heavy (non-hydrogen) atoms. The molecule has 1 saturated heterocycles. The van der Waals surface area contributed by atoms with Gasteiger partial charge in [-0.15, -0.1) is 0 Å². The van der Waals surface area contributed by atoms with Crippen molar-refractivity contribution in [2.45, 2.75) is 38.7 Å². The highest BCUT2D eigenvalue weighted by Gasteiger charge is 2.29. The molecular weight excluding hydrogens is 264 g/mol. The van der Waals surface area contributed by atoms with E-state index in [0.29, 0.717) is 12.5 Å². The number of hydrogen-bond donors (Lipinski definition) is 1. The number of fused-ring (bicyclic) bond motifs is 1. The molecule has 1 N–H and O–H groups in total. The number of urea groups is 1. The Bertz CT molecular complexity index is 509. The molecule has 4 nitrogen and oxygen atoms in total. The van der Waals surface area contributed by atoms with Crippen molar-refractivity contribution in [1.82, 2.24) is 4.90 Å². The van der Waals surface area contributed by atoms with Gasteiger partial charge in [-0.25, -0.2) is 4.79 Å². The summed E-state index contributed by atoms with van der Waals surface area (Å²) >= 11 is 0. The van der Waals surface area contributed by atoms with Crippen molar-refractivity contribution in [2.75, 3.05) is 24.5 Å². The Labute approximate surface area is 126 Å². The summed E-state index contributed by atoms with van der Waals surface area (Å²) in [4.78, 5) is 16.7. The zero-order valence-corrected chi connectivity index (χ0v) is 12.7. The van der Waals surface area contributed by atoms with Gasteiger partial charge in [0, 0.05) is 25.2 Å². The molecule has 2 amide bonds. The van der Waals surface area contributed by atoms with Gasteiger partial charge in [-0.2, -0.15) is 0 Å². The van der Waals surface area contributed by atoms with E-state index in [9.17, 15) is 9.90 Å². The number of aliphatic hydroxyl groups excluding tert-OH is 1. The van der Waals surface area contributed by atoms with Crippen molar-refractivity contribution < 1.29 is 9.90 Å². The number of carbonyl (C=O) groups is 1. The summed E-state index contributed by atoms with van der Waals surface area (Å²) in [7, 11) is 0. The van der Waals surface area contributed by atoms with Crippen molar-refractivity contribution in [3.05, 3.63) is 29.8 Å². The van der Waals surface area contributed by atoms with Gasteiger partial charge >= 0.3 is 6.03 Å². The molecular formula is C17H24N2O2. The Kier molecular flexibility index (Phi) is 4.15. The molecule has 0 spiro atoms.